The molecule has 0 bridgehead atoms. The summed E-state index contributed by atoms with van der Waals surface area (Å²) in [4.78, 5) is 0. The first-order valence-corrected chi connectivity index (χ1v) is 7.00. The maximum absolute atomic E-state index is 12.8. The molecule has 1 aliphatic rings. The molecule has 2 aromatic carbocycles. The standard InChI is InChI=1S/C17H16F3N/c18-17(19,20)15-6-1-3-12(10-15)9-14-5-2-4-13-7-8-21-11-16(13)14/h1-6,10,21H,7-9,11H2. The van der Waals surface area contributed by atoms with E-state index in [9.17, 15) is 13.2 Å². The summed E-state index contributed by atoms with van der Waals surface area (Å²) in [5, 5.41) is 3.32. The molecule has 0 unspecified atom stereocenters. The van der Waals surface area contributed by atoms with Crippen LogP contribution in [0.1, 0.15) is 27.8 Å². The second kappa shape index (κ2) is 5.53. The first kappa shape index (κ1) is 14.1. The third-order valence-electron chi connectivity index (χ3n) is 3.89. The Kier molecular flexibility index (Phi) is 3.72. The first-order valence-electron chi connectivity index (χ1n) is 7.00. The van der Waals surface area contributed by atoms with Gasteiger partial charge in [0.15, 0.2) is 0 Å². The molecule has 4 heteroatoms. The van der Waals surface area contributed by atoms with Crippen molar-refractivity contribution in [2.24, 2.45) is 0 Å². The third kappa shape index (κ3) is 3.10. The molecule has 0 spiro atoms. The fourth-order valence-electron chi connectivity index (χ4n) is 2.83. The van der Waals surface area contributed by atoms with Gasteiger partial charge in [-0.15, -0.1) is 0 Å². The number of fused-ring (bicyclic) bond motifs is 1. The van der Waals surface area contributed by atoms with Gasteiger partial charge in [-0.25, -0.2) is 0 Å². The van der Waals surface area contributed by atoms with Gasteiger partial charge in [-0.3, -0.25) is 0 Å². The van der Waals surface area contributed by atoms with Gasteiger partial charge >= 0.3 is 6.18 Å². The molecule has 1 N–H and O–H groups in total. The Balaban J connectivity index is 1.91. The van der Waals surface area contributed by atoms with Crippen LogP contribution in [0.2, 0.25) is 0 Å². The molecule has 0 saturated heterocycles. The molecule has 0 radical (unpaired) electrons. The molecule has 0 saturated carbocycles. The Hall–Kier alpha value is -1.81. The fraction of sp³-hybridized carbons (Fsp3) is 0.294. The monoisotopic (exact) mass is 291 g/mol. The summed E-state index contributed by atoms with van der Waals surface area (Å²) < 4.78 is 38.3. The van der Waals surface area contributed by atoms with E-state index in [4.69, 9.17) is 0 Å². The van der Waals surface area contributed by atoms with Crippen LogP contribution in [0.4, 0.5) is 13.2 Å². The molecule has 2 aromatic rings. The Bertz CT molecular complexity index is 647. The summed E-state index contributed by atoms with van der Waals surface area (Å²) >= 11 is 0. The lowest BCUT2D eigenvalue weighted by atomic mass is 9.92. The normalized spacial score (nSPS) is 14.8. The second-order valence-corrected chi connectivity index (χ2v) is 5.36. The number of benzene rings is 2. The number of hydrogen-bond acceptors (Lipinski definition) is 1. The van der Waals surface area contributed by atoms with Crippen LogP contribution >= 0.6 is 0 Å². The van der Waals surface area contributed by atoms with Crippen molar-refractivity contribution < 1.29 is 13.2 Å². The molecule has 21 heavy (non-hydrogen) atoms. The van der Waals surface area contributed by atoms with Gasteiger partial charge in [-0.2, -0.15) is 13.2 Å². The van der Waals surface area contributed by atoms with Gasteiger partial charge in [0.1, 0.15) is 0 Å². The Labute approximate surface area is 121 Å². The summed E-state index contributed by atoms with van der Waals surface area (Å²) in [7, 11) is 0. The number of hydrogen-bond donors (Lipinski definition) is 1. The lowest BCUT2D eigenvalue weighted by Crippen LogP contribution is -2.24. The third-order valence-corrected chi connectivity index (χ3v) is 3.89. The van der Waals surface area contributed by atoms with Crippen LogP contribution in [0.15, 0.2) is 42.5 Å². The Morgan fingerprint density at radius 1 is 1.05 bits per heavy atom. The maximum atomic E-state index is 12.8. The lowest BCUT2D eigenvalue weighted by Gasteiger charge is -2.20. The van der Waals surface area contributed by atoms with Crippen molar-refractivity contribution in [2.75, 3.05) is 6.54 Å². The van der Waals surface area contributed by atoms with Gasteiger partial charge in [-0.05, 0) is 47.7 Å². The number of alkyl halides is 3. The van der Waals surface area contributed by atoms with Gasteiger partial charge < -0.3 is 5.32 Å². The van der Waals surface area contributed by atoms with E-state index in [0.29, 0.717) is 12.0 Å². The molecule has 0 atom stereocenters. The van der Waals surface area contributed by atoms with Crippen molar-refractivity contribution in [1.82, 2.24) is 5.32 Å². The van der Waals surface area contributed by atoms with E-state index in [2.05, 4.69) is 11.4 Å². The smallest absolute Gasteiger partial charge is 0.312 e. The van der Waals surface area contributed by atoms with Crippen molar-refractivity contribution in [3.8, 4) is 0 Å². The topological polar surface area (TPSA) is 12.0 Å². The SMILES string of the molecule is FC(F)(F)c1cccc(Cc2cccc3c2CNCC3)c1. The highest BCUT2D eigenvalue weighted by Gasteiger charge is 2.30. The zero-order chi connectivity index (χ0) is 14.9. The Morgan fingerprint density at radius 3 is 2.67 bits per heavy atom. The van der Waals surface area contributed by atoms with Crippen molar-refractivity contribution >= 4 is 0 Å². The van der Waals surface area contributed by atoms with E-state index in [1.54, 1.807) is 6.07 Å². The van der Waals surface area contributed by atoms with E-state index in [-0.39, 0.29) is 0 Å². The molecule has 3 rings (SSSR count). The van der Waals surface area contributed by atoms with Crippen molar-refractivity contribution in [3.05, 3.63) is 70.3 Å². The van der Waals surface area contributed by atoms with E-state index >= 15 is 0 Å². The lowest BCUT2D eigenvalue weighted by molar-refractivity contribution is -0.137. The predicted octanol–water partition coefficient (Wildman–Crippen LogP) is 3.94. The molecule has 0 aliphatic carbocycles. The molecule has 0 amide bonds. The van der Waals surface area contributed by atoms with Crippen LogP contribution in [0.5, 0.6) is 0 Å². The molecular formula is C17H16F3N. The second-order valence-electron chi connectivity index (χ2n) is 5.36. The summed E-state index contributed by atoms with van der Waals surface area (Å²) in [6, 6.07) is 11.7. The quantitative estimate of drug-likeness (QED) is 0.883. The minimum absolute atomic E-state index is 0.536. The van der Waals surface area contributed by atoms with Crippen LogP contribution in [0.3, 0.4) is 0 Å². The highest BCUT2D eigenvalue weighted by molar-refractivity contribution is 5.40. The van der Waals surface area contributed by atoms with Crippen molar-refractivity contribution in [2.45, 2.75) is 25.6 Å². The summed E-state index contributed by atoms with van der Waals surface area (Å²) in [6.45, 7) is 1.75. The van der Waals surface area contributed by atoms with Crippen molar-refractivity contribution in [1.29, 1.82) is 0 Å². The van der Waals surface area contributed by atoms with E-state index in [1.165, 1.54) is 23.3 Å². The summed E-state index contributed by atoms with van der Waals surface area (Å²) in [6.07, 6.45) is -2.77. The van der Waals surface area contributed by atoms with E-state index in [1.807, 2.05) is 12.1 Å². The zero-order valence-electron chi connectivity index (χ0n) is 11.5. The number of halogens is 3. The molecular weight excluding hydrogens is 275 g/mol. The van der Waals surface area contributed by atoms with Gasteiger partial charge in [-0.1, -0.05) is 36.4 Å². The summed E-state index contributed by atoms with van der Waals surface area (Å²) in [5.41, 5.74) is 3.77. The summed E-state index contributed by atoms with van der Waals surface area (Å²) in [5.74, 6) is 0. The minimum Gasteiger partial charge on any atom is -0.312 e. The van der Waals surface area contributed by atoms with Crippen LogP contribution < -0.4 is 5.32 Å². The van der Waals surface area contributed by atoms with E-state index in [0.717, 1.165) is 31.1 Å². The van der Waals surface area contributed by atoms with Crippen molar-refractivity contribution in [3.63, 3.8) is 0 Å². The fourth-order valence-corrected chi connectivity index (χ4v) is 2.83. The number of nitrogens with one attached hydrogen (secondary N) is 1. The minimum atomic E-state index is -4.28. The van der Waals surface area contributed by atoms with Crippen LogP contribution in [-0.4, -0.2) is 6.54 Å². The van der Waals surface area contributed by atoms with Crippen LogP contribution in [-0.2, 0) is 25.6 Å². The van der Waals surface area contributed by atoms with Crippen LogP contribution in [0, 0.1) is 0 Å². The highest BCUT2D eigenvalue weighted by Crippen LogP contribution is 2.30. The van der Waals surface area contributed by atoms with E-state index < -0.39 is 11.7 Å². The Morgan fingerprint density at radius 2 is 1.86 bits per heavy atom. The largest absolute Gasteiger partial charge is 0.416 e. The number of rotatable bonds is 2. The highest BCUT2D eigenvalue weighted by atomic mass is 19.4. The van der Waals surface area contributed by atoms with Gasteiger partial charge in [0.25, 0.3) is 0 Å². The zero-order valence-corrected chi connectivity index (χ0v) is 11.5. The van der Waals surface area contributed by atoms with Gasteiger partial charge in [0.05, 0.1) is 5.56 Å². The molecule has 0 fully saturated rings. The van der Waals surface area contributed by atoms with Crippen LogP contribution in [0.25, 0.3) is 0 Å². The average Bonchev–Trinajstić information content (AvgIpc) is 2.47. The predicted molar refractivity (Wildman–Crippen MR) is 76.1 cm³/mol. The first-order chi connectivity index (χ1) is 10.0. The molecule has 1 heterocycles. The average molecular weight is 291 g/mol. The molecule has 110 valence electrons. The molecule has 1 aliphatic heterocycles. The molecule has 1 nitrogen and oxygen atoms in total. The maximum Gasteiger partial charge on any atom is 0.416 e. The van der Waals surface area contributed by atoms with Gasteiger partial charge in [0.2, 0.25) is 0 Å². The van der Waals surface area contributed by atoms with Gasteiger partial charge in [0, 0.05) is 6.54 Å². The molecule has 0 aromatic heterocycles.